The highest BCUT2D eigenvalue weighted by atomic mass is 35.5. The number of hydrogen-bond acceptors (Lipinski definition) is 3. The minimum absolute atomic E-state index is 0.0203. The number of piperidine rings is 1. The molecule has 24 heavy (non-hydrogen) atoms. The maximum absolute atomic E-state index is 14.0. The van der Waals surface area contributed by atoms with Crippen molar-refractivity contribution in [2.75, 3.05) is 0 Å². The van der Waals surface area contributed by atoms with Crippen molar-refractivity contribution in [1.82, 2.24) is 19.7 Å². The fourth-order valence-electron chi connectivity index (χ4n) is 4.12. The highest BCUT2D eigenvalue weighted by Crippen LogP contribution is 2.41. The van der Waals surface area contributed by atoms with Crippen LogP contribution in [0.15, 0.2) is 30.9 Å². The molecule has 2 aliphatic heterocycles. The Kier molecular flexibility index (Phi) is 4.00. The van der Waals surface area contributed by atoms with E-state index in [2.05, 4.69) is 10.1 Å². The van der Waals surface area contributed by atoms with E-state index in [1.54, 1.807) is 24.8 Å². The Bertz CT molecular complexity index is 717. The van der Waals surface area contributed by atoms with E-state index in [0.29, 0.717) is 10.6 Å². The predicted molar refractivity (Wildman–Crippen MR) is 87.1 cm³/mol. The molecule has 2 unspecified atom stereocenters. The smallest absolute Gasteiger partial charge is 0.227 e. The summed E-state index contributed by atoms with van der Waals surface area (Å²) in [4.78, 5) is 18.8. The van der Waals surface area contributed by atoms with E-state index in [4.69, 9.17) is 11.6 Å². The lowest BCUT2D eigenvalue weighted by Crippen LogP contribution is -2.47. The third kappa shape index (κ3) is 2.69. The summed E-state index contributed by atoms with van der Waals surface area (Å²) in [6.45, 7) is 0. The van der Waals surface area contributed by atoms with Gasteiger partial charge in [-0.1, -0.05) is 17.7 Å². The van der Waals surface area contributed by atoms with Gasteiger partial charge in [-0.15, -0.1) is 0 Å². The molecule has 2 atom stereocenters. The Hall–Kier alpha value is -1.95. The number of hydrogen-bond donors (Lipinski definition) is 0. The monoisotopic (exact) mass is 348 g/mol. The summed E-state index contributed by atoms with van der Waals surface area (Å²) in [7, 11) is 0. The van der Waals surface area contributed by atoms with Crippen LogP contribution in [0.3, 0.4) is 0 Å². The summed E-state index contributed by atoms with van der Waals surface area (Å²) in [6, 6.07) is 5.19. The van der Waals surface area contributed by atoms with Crippen LogP contribution >= 0.6 is 11.6 Å². The summed E-state index contributed by atoms with van der Waals surface area (Å²) in [5.41, 5.74) is 0.293. The number of aromatic nitrogens is 3. The average molecular weight is 349 g/mol. The van der Waals surface area contributed by atoms with Crippen molar-refractivity contribution in [3.63, 3.8) is 0 Å². The van der Waals surface area contributed by atoms with Gasteiger partial charge < -0.3 is 4.90 Å². The Morgan fingerprint density at radius 2 is 2.00 bits per heavy atom. The molecule has 0 N–H and O–H groups in total. The maximum atomic E-state index is 14.0. The lowest BCUT2D eigenvalue weighted by molar-refractivity contribution is -0.135. The third-order valence-electron chi connectivity index (χ3n) is 5.20. The van der Waals surface area contributed by atoms with Crippen LogP contribution in [0, 0.1) is 5.82 Å². The molecule has 1 aromatic carbocycles. The second-order valence-electron chi connectivity index (χ2n) is 6.56. The average Bonchev–Trinajstić information content (AvgIpc) is 3.18. The van der Waals surface area contributed by atoms with E-state index in [9.17, 15) is 9.18 Å². The van der Waals surface area contributed by atoms with E-state index in [1.165, 1.54) is 6.07 Å². The van der Waals surface area contributed by atoms with Crippen molar-refractivity contribution >= 4 is 17.5 Å². The van der Waals surface area contributed by atoms with Gasteiger partial charge in [-0.3, -0.25) is 4.79 Å². The first kappa shape index (κ1) is 15.6. The van der Waals surface area contributed by atoms with E-state index in [0.717, 1.165) is 25.7 Å². The molecule has 0 spiro atoms. The number of carbonyl (C=O) groups is 1. The van der Waals surface area contributed by atoms with E-state index in [-0.39, 0.29) is 30.5 Å². The zero-order valence-electron chi connectivity index (χ0n) is 13.1. The van der Waals surface area contributed by atoms with Gasteiger partial charge in [0.2, 0.25) is 5.91 Å². The standard InChI is InChI=1S/C17H18ClFN4O/c18-15-2-1-3-16(19)14(15)8-17(24)23-11-4-5-12(23)7-13(6-11)22-10-20-9-21-22/h1-3,9-13H,4-8H2. The van der Waals surface area contributed by atoms with Crippen LogP contribution in [0.1, 0.15) is 37.3 Å². The molecular formula is C17H18ClFN4O. The highest BCUT2D eigenvalue weighted by Gasteiger charge is 2.43. The molecule has 126 valence electrons. The number of halogens is 2. The Labute approximate surface area is 144 Å². The van der Waals surface area contributed by atoms with Gasteiger partial charge in [-0.05, 0) is 37.8 Å². The zero-order valence-corrected chi connectivity index (χ0v) is 13.9. The van der Waals surface area contributed by atoms with Crippen molar-refractivity contribution in [3.8, 4) is 0 Å². The van der Waals surface area contributed by atoms with Crippen molar-refractivity contribution in [3.05, 3.63) is 47.3 Å². The molecule has 4 rings (SSSR count). The minimum atomic E-state index is -0.416. The Balaban J connectivity index is 1.50. The number of fused-ring (bicyclic) bond motifs is 2. The molecule has 2 aliphatic rings. The second-order valence-corrected chi connectivity index (χ2v) is 6.97. The summed E-state index contributed by atoms with van der Waals surface area (Å²) in [5, 5.41) is 4.55. The molecule has 2 aromatic rings. The predicted octanol–water partition coefficient (Wildman–Crippen LogP) is 3.01. The van der Waals surface area contributed by atoms with Crippen molar-refractivity contribution in [2.24, 2.45) is 0 Å². The molecule has 0 saturated carbocycles. The summed E-state index contributed by atoms with van der Waals surface area (Å²) in [6.07, 6.45) is 7.03. The summed E-state index contributed by atoms with van der Waals surface area (Å²) >= 11 is 6.06. The molecule has 5 nitrogen and oxygen atoms in total. The molecule has 1 amide bonds. The van der Waals surface area contributed by atoms with E-state index >= 15 is 0 Å². The van der Waals surface area contributed by atoms with Crippen LogP contribution in [0.2, 0.25) is 5.02 Å². The summed E-state index contributed by atoms with van der Waals surface area (Å²) < 4.78 is 15.9. The van der Waals surface area contributed by atoms with Gasteiger partial charge in [-0.25, -0.2) is 14.1 Å². The van der Waals surface area contributed by atoms with E-state index in [1.807, 2.05) is 9.58 Å². The van der Waals surface area contributed by atoms with Gasteiger partial charge in [0.05, 0.1) is 12.5 Å². The van der Waals surface area contributed by atoms with Crippen LogP contribution < -0.4 is 0 Å². The first-order valence-corrected chi connectivity index (χ1v) is 8.59. The fraction of sp³-hybridized carbons (Fsp3) is 0.471. The second kappa shape index (κ2) is 6.16. The van der Waals surface area contributed by atoms with Gasteiger partial charge in [-0.2, -0.15) is 5.10 Å². The Morgan fingerprint density at radius 3 is 2.62 bits per heavy atom. The quantitative estimate of drug-likeness (QED) is 0.856. The molecule has 0 radical (unpaired) electrons. The van der Waals surface area contributed by atoms with Crippen molar-refractivity contribution < 1.29 is 9.18 Å². The van der Waals surface area contributed by atoms with Crippen molar-refractivity contribution in [1.29, 1.82) is 0 Å². The first-order chi connectivity index (χ1) is 11.6. The highest BCUT2D eigenvalue weighted by molar-refractivity contribution is 6.31. The molecule has 2 fully saturated rings. The normalized spacial score (nSPS) is 25.9. The van der Waals surface area contributed by atoms with Gasteiger partial charge in [0, 0.05) is 22.7 Å². The largest absolute Gasteiger partial charge is 0.336 e. The van der Waals surface area contributed by atoms with Crippen LogP contribution in [0.5, 0.6) is 0 Å². The maximum Gasteiger partial charge on any atom is 0.227 e. The molecule has 7 heteroatoms. The SMILES string of the molecule is O=C(Cc1c(F)cccc1Cl)N1C2CCC1CC(n1cncn1)C2. The molecular weight excluding hydrogens is 331 g/mol. The van der Waals surface area contributed by atoms with Crippen LogP contribution in [-0.4, -0.2) is 37.7 Å². The number of nitrogens with zero attached hydrogens (tertiary/aromatic N) is 4. The number of carbonyl (C=O) groups excluding carboxylic acids is 1. The molecule has 2 bridgehead atoms. The number of amides is 1. The molecule has 1 aromatic heterocycles. The number of benzene rings is 1. The topological polar surface area (TPSA) is 51.0 Å². The van der Waals surface area contributed by atoms with Crippen LogP contribution in [-0.2, 0) is 11.2 Å². The molecule has 3 heterocycles. The van der Waals surface area contributed by atoms with E-state index < -0.39 is 5.82 Å². The number of rotatable bonds is 3. The van der Waals surface area contributed by atoms with Crippen LogP contribution in [0.25, 0.3) is 0 Å². The molecule has 0 aliphatic carbocycles. The minimum Gasteiger partial charge on any atom is -0.336 e. The van der Waals surface area contributed by atoms with Gasteiger partial charge >= 0.3 is 0 Å². The Morgan fingerprint density at radius 1 is 1.25 bits per heavy atom. The molecule has 2 saturated heterocycles. The van der Waals surface area contributed by atoms with Crippen LogP contribution in [0.4, 0.5) is 4.39 Å². The third-order valence-corrected chi connectivity index (χ3v) is 5.55. The van der Waals surface area contributed by atoms with Gasteiger partial charge in [0.15, 0.2) is 0 Å². The summed E-state index contributed by atoms with van der Waals surface area (Å²) in [5.74, 6) is -0.452. The van der Waals surface area contributed by atoms with Gasteiger partial charge in [0.25, 0.3) is 0 Å². The lowest BCUT2D eigenvalue weighted by atomic mass is 9.96. The lowest BCUT2D eigenvalue weighted by Gasteiger charge is -2.39. The van der Waals surface area contributed by atoms with Crippen molar-refractivity contribution in [2.45, 2.75) is 50.2 Å². The first-order valence-electron chi connectivity index (χ1n) is 8.21. The fourth-order valence-corrected chi connectivity index (χ4v) is 4.35. The van der Waals surface area contributed by atoms with Gasteiger partial charge in [0.1, 0.15) is 18.5 Å². The zero-order chi connectivity index (χ0) is 16.7.